The van der Waals surface area contributed by atoms with Crippen LogP contribution >= 0.6 is 45.2 Å². The average molecular weight is 1540 g/mol. The summed E-state index contributed by atoms with van der Waals surface area (Å²) in [6.07, 6.45) is 11.4. The fourth-order valence-electron chi connectivity index (χ4n) is 6.43. The van der Waals surface area contributed by atoms with E-state index in [2.05, 4.69) is 100.0 Å². The molecular weight excluding hydrogens is 1450 g/mol. The van der Waals surface area contributed by atoms with Crippen LogP contribution in [0.15, 0.2) is 194 Å². The summed E-state index contributed by atoms with van der Waals surface area (Å²) in [5.74, 6) is 19.0. The highest BCUT2D eigenvalue weighted by Crippen LogP contribution is 2.21. The molecule has 2 atom stereocenters. The predicted molar refractivity (Wildman–Crippen MR) is 389 cm³/mol. The van der Waals surface area contributed by atoms with E-state index in [-0.39, 0.29) is 45.6 Å². The summed E-state index contributed by atoms with van der Waals surface area (Å²) in [5.41, 5.74) is 8.06. The second-order valence-electron chi connectivity index (χ2n) is 19.8. The number of phenolic OH excluding ortho intramolecular Hbond substituents is 2. The van der Waals surface area contributed by atoms with Gasteiger partial charge in [0.1, 0.15) is 78.7 Å². The Hall–Kier alpha value is -8.86. The van der Waals surface area contributed by atoms with Crippen LogP contribution in [0.1, 0.15) is 55.0 Å². The highest BCUT2D eigenvalue weighted by atomic mass is 127. The van der Waals surface area contributed by atoms with Gasteiger partial charge in [-0.2, -0.15) is 0 Å². The zero-order chi connectivity index (χ0) is 69.9. The van der Waals surface area contributed by atoms with Gasteiger partial charge in [-0.1, -0.05) is 73.5 Å². The van der Waals surface area contributed by atoms with Crippen LogP contribution in [-0.4, -0.2) is 119 Å². The SMILES string of the molecule is C#CC(C#Cc1ccc(OCOC)cc1)c1ccc(OCOC)cc1.C#CC(O)c1ccc(OCOC)cc1.COCOc1ccc(C#C[Si](C)(C)C)cc1.COCOc1ccc(C=O)cc1.COCOc1ccc(I)cc1.O=Cc1ccc(O)cc1.Oc1ccc(I)cc1. The number of aldehydes is 2. The fourth-order valence-corrected chi connectivity index (χ4v) is 7.67. The number of aliphatic hydroxyl groups excluding tert-OH is 1. The lowest BCUT2D eigenvalue weighted by Crippen LogP contribution is -2.16. The Labute approximate surface area is 587 Å². The van der Waals surface area contributed by atoms with E-state index in [0.29, 0.717) is 40.7 Å². The minimum atomic E-state index is -1.29. The number of phenols is 2. The van der Waals surface area contributed by atoms with E-state index in [0.717, 1.165) is 55.8 Å². The number of rotatable bonds is 22. The molecule has 0 amide bonds. The first kappa shape index (κ1) is 82.2. The lowest BCUT2D eigenvalue weighted by atomic mass is 10.00. The van der Waals surface area contributed by atoms with Crippen molar-refractivity contribution < 1.29 is 81.8 Å². The van der Waals surface area contributed by atoms with Crippen LogP contribution in [0, 0.1) is 55.1 Å². The third-order valence-corrected chi connectivity index (χ3v) is 13.4. The minimum absolute atomic E-state index is 0.181. The lowest BCUT2D eigenvalue weighted by molar-refractivity contribution is 0.0509. The molecule has 3 N–H and O–H groups in total. The minimum Gasteiger partial charge on any atom is -0.508 e. The van der Waals surface area contributed by atoms with Crippen LogP contribution < -0.4 is 28.4 Å². The lowest BCUT2D eigenvalue weighted by Gasteiger charge is -2.07. The number of hydrogen-bond acceptors (Lipinski definition) is 17. The van der Waals surface area contributed by atoms with E-state index in [1.165, 1.54) is 15.7 Å². The number of hydrogen-bond donors (Lipinski definition) is 3. The van der Waals surface area contributed by atoms with Gasteiger partial charge in [-0.3, -0.25) is 9.59 Å². The topological polar surface area (TPSA) is 206 Å². The van der Waals surface area contributed by atoms with Crippen molar-refractivity contribution >= 4 is 65.8 Å². The molecule has 0 spiro atoms. The van der Waals surface area contributed by atoms with Crippen molar-refractivity contribution in [3.8, 4) is 94.0 Å². The van der Waals surface area contributed by atoms with Crippen LogP contribution in [-0.2, 0) is 28.4 Å². The number of aliphatic hydroxyl groups is 1. The Kier molecular flexibility index (Phi) is 43.8. The Bertz CT molecular complexity index is 3530. The van der Waals surface area contributed by atoms with Crippen molar-refractivity contribution in [2.24, 2.45) is 0 Å². The van der Waals surface area contributed by atoms with Gasteiger partial charge in [-0.25, -0.2) is 0 Å². The van der Waals surface area contributed by atoms with Crippen LogP contribution in [0.5, 0.6) is 46.0 Å². The van der Waals surface area contributed by atoms with Crippen molar-refractivity contribution in [1.82, 2.24) is 0 Å². The molecule has 0 aliphatic rings. The van der Waals surface area contributed by atoms with Crippen molar-refractivity contribution in [1.29, 1.82) is 0 Å². The summed E-state index contributed by atoms with van der Waals surface area (Å²) < 4.78 is 62.6. The molecule has 0 saturated heterocycles. The van der Waals surface area contributed by atoms with Gasteiger partial charge in [0.2, 0.25) is 0 Å². The largest absolute Gasteiger partial charge is 0.508 e. The van der Waals surface area contributed by atoms with Crippen molar-refractivity contribution in [2.75, 3.05) is 83.4 Å². The monoisotopic (exact) mass is 1530 g/mol. The number of carbonyl (C=O) groups excluding carboxylic acids is 2. The molecule has 0 saturated carbocycles. The first-order chi connectivity index (χ1) is 45.8. The molecule has 17 nitrogen and oxygen atoms in total. The molecular formula is C75H80I2O17Si. The summed E-state index contributed by atoms with van der Waals surface area (Å²) in [6, 6.07) is 57.4. The van der Waals surface area contributed by atoms with E-state index in [9.17, 15) is 14.7 Å². The Morgan fingerprint density at radius 1 is 0.400 bits per heavy atom. The molecule has 95 heavy (non-hydrogen) atoms. The highest BCUT2D eigenvalue weighted by molar-refractivity contribution is 14.1. The van der Waals surface area contributed by atoms with E-state index in [4.69, 9.17) is 79.9 Å². The van der Waals surface area contributed by atoms with Gasteiger partial charge in [0.15, 0.2) is 40.8 Å². The van der Waals surface area contributed by atoms with Crippen LogP contribution in [0.3, 0.4) is 0 Å². The van der Waals surface area contributed by atoms with E-state index >= 15 is 0 Å². The Morgan fingerprint density at radius 3 is 0.968 bits per heavy atom. The highest BCUT2D eigenvalue weighted by Gasteiger charge is 2.08. The first-order valence-corrected chi connectivity index (χ1v) is 34.3. The zero-order valence-electron chi connectivity index (χ0n) is 54.5. The number of benzene rings is 8. The van der Waals surface area contributed by atoms with E-state index in [1.807, 2.05) is 109 Å². The van der Waals surface area contributed by atoms with Crippen LogP contribution in [0.4, 0.5) is 0 Å². The quantitative estimate of drug-likeness (QED) is 0.0190. The van der Waals surface area contributed by atoms with Crippen molar-refractivity contribution in [2.45, 2.75) is 31.7 Å². The Balaban J connectivity index is 0.000000390. The number of halogens is 2. The zero-order valence-corrected chi connectivity index (χ0v) is 59.8. The van der Waals surface area contributed by atoms with Gasteiger partial charge in [-0.05, 0) is 226 Å². The number of methoxy groups -OCH3 is 6. The van der Waals surface area contributed by atoms with Gasteiger partial charge < -0.3 is 72.2 Å². The maximum Gasteiger partial charge on any atom is 0.188 e. The number of terminal acetylenes is 2. The van der Waals surface area contributed by atoms with Gasteiger partial charge in [0.05, 0.1) is 0 Å². The summed E-state index contributed by atoms with van der Waals surface area (Å²) in [4.78, 5) is 20.3. The second-order valence-corrected chi connectivity index (χ2v) is 27.0. The molecule has 8 aromatic rings. The molecule has 8 rings (SSSR count). The molecule has 0 radical (unpaired) electrons. The number of aromatic hydroxyl groups is 2. The molecule has 0 heterocycles. The predicted octanol–water partition coefficient (Wildman–Crippen LogP) is 14.6. The maximum absolute atomic E-state index is 10.3. The molecule has 20 heteroatoms. The van der Waals surface area contributed by atoms with Gasteiger partial charge in [0.25, 0.3) is 0 Å². The fraction of sp³-hybridized carbons (Fsp3) is 0.227. The summed E-state index contributed by atoms with van der Waals surface area (Å²) in [6.45, 7) is 8.14. The number of ether oxygens (including phenoxy) is 12. The second kappa shape index (κ2) is 50.6. The molecule has 0 fully saturated rings. The van der Waals surface area contributed by atoms with E-state index in [1.54, 1.807) is 115 Å². The van der Waals surface area contributed by atoms with Gasteiger partial charge in [0, 0.05) is 72.1 Å². The Morgan fingerprint density at radius 2 is 0.674 bits per heavy atom. The van der Waals surface area contributed by atoms with Crippen molar-refractivity contribution in [3.05, 3.63) is 235 Å². The van der Waals surface area contributed by atoms with E-state index < -0.39 is 14.2 Å². The normalized spacial score (nSPS) is 10.3. The molecule has 0 aliphatic heterocycles. The molecule has 0 bridgehead atoms. The third kappa shape index (κ3) is 39.4. The van der Waals surface area contributed by atoms with Crippen LogP contribution in [0.25, 0.3) is 0 Å². The van der Waals surface area contributed by atoms with Gasteiger partial charge in [-0.15, -0.1) is 18.4 Å². The molecule has 8 aromatic carbocycles. The smallest absolute Gasteiger partial charge is 0.188 e. The first-order valence-electron chi connectivity index (χ1n) is 28.6. The van der Waals surface area contributed by atoms with Crippen LogP contribution in [0.2, 0.25) is 19.6 Å². The summed E-state index contributed by atoms with van der Waals surface area (Å²) in [7, 11) is 8.19. The molecule has 500 valence electrons. The van der Waals surface area contributed by atoms with Gasteiger partial charge >= 0.3 is 0 Å². The third-order valence-electron chi connectivity index (χ3n) is 11.1. The van der Waals surface area contributed by atoms with Crippen molar-refractivity contribution in [3.63, 3.8) is 0 Å². The number of carbonyl (C=O) groups is 2. The molecule has 0 aliphatic carbocycles. The summed E-state index contributed by atoms with van der Waals surface area (Å²) in [5, 5.41) is 26.8. The average Bonchev–Trinajstić information content (AvgIpc) is 1.31. The molecule has 2 unspecified atom stereocenters. The molecule has 0 aromatic heterocycles. The standard InChI is InChI=1S/C21H20O4.C13H18O2Si.C11H12O3.C9H10O3.C8H9IO2.C7H6O2.C6H5IO/c1-4-18(19-9-13-21(14-10-19)25-16-23-3)8-5-17-6-11-20(12-7-17)24-15-22-2;1-14-11-15-13-7-5-12(6-8-13)9-10-16(2,3)4;1-3-11(12)9-4-6-10(7-5-9)14-8-13-2;1-11-7-12-9-4-2-8(6-10)3-5-9;1-10-6-11-8-4-2-7(9)3-5-8;8-5-6-1-3-7(9)4-2-6;7-5-1-3-6(8)4-2-5/h1,6-7,9-14,18H,15-16H2,2-3H3;5-8H,11H2,1-4H3;1,4-7,11-12H,8H2,2H3;2-6H,7H2,1H3;2-5H,6H2,1H3;1-5,9H;1-4,8H. The summed E-state index contributed by atoms with van der Waals surface area (Å²) >= 11 is 4.43. The maximum atomic E-state index is 10.3.